The summed E-state index contributed by atoms with van der Waals surface area (Å²) in [4.78, 5) is 5.38. The lowest BCUT2D eigenvalue weighted by molar-refractivity contribution is 1.01. The summed E-state index contributed by atoms with van der Waals surface area (Å²) in [6.07, 6.45) is 2.85. The summed E-state index contributed by atoms with van der Waals surface area (Å²) in [5, 5.41) is 4.28. The third kappa shape index (κ3) is 3.54. The highest BCUT2D eigenvalue weighted by molar-refractivity contribution is 7.15. The molecule has 0 aliphatic heterocycles. The summed E-state index contributed by atoms with van der Waals surface area (Å²) in [7, 11) is 0. The molecule has 1 aromatic heterocycles. The second kappa shape index (κ2) is 5.80. The molecule has 2 rings (SSSR count). The number of nitrogens with zero attached hydrogens (tertiary/aromatic N) is 1. The van der Waals surface area contributed by atoms with Crippen LogP contribution >= 0.6 is 11.3 Å². The minimum atomic E-state index is 0.567. The van der Waals surface area contributed by atoms with Crippen LogP contribution in [0.15, 0.2) is 30.5 Å². The van der Waals surface area contributed by atoms with Crippen molar-refractivity contribution in [1.29, 1.82) is 0 Å². The molecule has 0 atom stereocenters. The Hall–Kier alpha value is -1.39. The third-order valence-electron chi connectivity index (χ3n) is 2.53. The molecule has 3 nitrogen and oxygen atoms in total. The summed E-state index contributed by atoms with van der Waals surface area (Å²) in [5.41, 5.74) is 8.20. The number of hydrogen-bond acceptors (Lipinski definition) is 4. The van der Waals surface area contributed by atoms with E-state index >= 15 is 0 Å². The van der Waals surface area contributed by atoms with E-state index in [1.54, 1.807) is 11.3 Å². The predicted molar refractivity (Wildman–Crippen MR) is 73.4 cm³/mol. The predicted octanol–water partition coefficient (Wildman–Crippen LogP) is 2.56. The standard InChI is InChI=1S/C13H17N3S/c1-10-3-2-4-11(7-10)5-6-15-13-16-9-12(8-14)17-13/h2-4,7,9H,5-6,8,14H2,1H3,(H,15,16). The molecule has 1 heterocycles. The second-order valence-corrected chi connectivity index (χ2v) is 5.12. The van der Waals surface area contributed by atoms with E-state index in [4.69, 9.17) is 5.73 Å². The molecule has 0 aliphatic rings. The van der Waals surface area contributed by atoms with Crippen molar-refractivity contribution >= 4 is 16.5 Å². The van der Waals surface area contributed by atoms with Gasteiger partial charge >= 0.3 is 0 Å². The van der Waals surface area contributed by atoms with E-state index in [0.717, 1.165) is 23.0 Å². The molecule has 0 amide bonds. The van der Waals surface area contributed by atoms with Gasteiger partial charge < -0.3 is 11.1 Å². The first-order chi connectivity index (χ1) is 8.28. The average Bonchev–Trinajstić information content (AvgIpc) is 2.77. The SMILES string of the molecule is Cc1cccc(CCNc2ncc(CN)s2)c1. The number of rotatable bonds is 5. The van der Waals surface area contributed by atoms with Crippen LogP contribution in [0.2, 0.25) is 0 Å². The maximum atomic E-state index is 5.54. The van der Waals surface area contributed by atoms with E-state index in [9.17, 15) is 0 Å². The zero-order valence-electron chi connectivity index (χ0n) is 9.94. The largest absolute Gasteiger partial charge is 0.361 e. The van der Waals surface area contributed by atoms with E-state index in [1.165, 1.54) is 11.1 Å². The Balaban J connectivity index is 1.83. The first-order valence-corrected chi connectivity index (χ1v) is 6.54. The van der Waals surface area contributed by atoms with Crippen LogP contribution in [0.3, 0.4) is 0 Å². The van der Waals surface area contributed by atoms with Crippen molar-refractivity contribution in [3.05, 3.63) is 46.5 Å². The number of benzene rings is 1. The van der Waals surface area contributed by atoms with Gasteiger partial charge in [-0.15, -0.1) is 11.3 Å². The van der Waals surface area contributed by atoms with Crippen LogP contribution in [0.4, 0.5) is 5.13 Å². The molecule has 0 saturated carbocycles. The molecule has 4 heteroatoms. The Morgan fingerprint density at radius 1 is 1.41 bits per heavy atom. The Kier molecular flexibility index (Phi) is 4.12. The van der Waals surface area contributed by atoms with Crippen molar-refractivity contribution in [2.24, 2.45) is 5.73 Å². The molecular formula is C13H17N3S. The molecule has 17 heavy (non-hydrogen) atoms. The fourth-order valence-corrected chi connectivity index (χ4v) is 2.38. The Bertz CT molecular complexity index is 479. The van der Waals surface area contributed by atoms with Gasteiger partial charge in [-0.1, -0.05) is 29.8 Å². The number of aryl methyl sites for hydroxylation is 1. The number of anilines is 1. The van der Waals surface area contributed by atoms with Crippen LogP contribution < -0.4 is 11.1 Å². The lowest BCUT2D eigenvalue weighted by atomic mass is 10.1. The number of nitrogens with one attached hydrogen (secondary N) is 1. The molecule has 90 valence electrons. The smallest absolute Gasteiger partial charge is 0.182 e. The third-order valence-corrected chi connectivity index (χ3v) is 3.50. The Labute approximate surface area is 106 Å². The summed E-state index contributed by atoms with van der Waals surface area (Å²) in [6, 6.07) is 8.59. The van der Waals surface area contributed by atoms with Gasteiger partial charge in [0.2, 0.25) is 0 Å². The zero-order valence-corrected chi connectivity index (χ0v) is 10.8. The molecule has 0 fully saturated rings. The molecule has 1 aromatic carbocycles. The summed E-state index contributed by atoms with van der Waals surface area (Å²) < 4.78 is 0. The highest BCUT2D eigenvalue weighted by Crippen LogP contribution is 2.17. The Morgan fingerprint density at radius 2 is 2.29 bits per heavy atom. The fraction of sp³-hybridized carbons (Fsp3) is 0.308. The van der Waals surface area contributed by atoms with Crippen molar-refractivity contribution in [3.8, 4) is 0 Å². The van der Waals surface area contributed by atoms with Crippen LogP contribution in [0, 0.1) is 6.92 Å². The molecule has 0 radical (unpaired) electrons. The van der Waals surface area contributed by atoms with Crippen LogP contribution in [-0.4, -0.2) is 11.5 Å². The highest BCUT2D eigenvalue weighted by Gasteiger charge is 1.99. The highest BCUT2D eigenvalue weighted by atomic mass is 32.1. The van der Waals surface area contributed by atoms with E-state index in [-0.39, 0.29) is 0 Å². The molecule has 0 bridgehead atoms. The van der Waals surface area contributed by atoms with Crippen LogP contribution in [0.1, 0.15) is 16.0 Å². The molecule has 0 unspecified atom stereocenters. The normalized spacial score (nSPS) is 10.5. The maximum Gasteiger partial charge on any atom is 0.182 e. The van der Waals surface area contributed by atoms with Gasteiger partial charge in [0.1, 0.15) is 0 Å². The van der Waals surface area contributed by atoms with Crippen molar-refractivity contribution in [2.75, 3.05) is 11.9 Å². The van der Waals surface area contributed by atoms with Crippen LogP contribution in [0.25, 0.3) is 0 Å². The lowest BCUT2D eigenvalue weighted by Gasteiger charge is -2.03. The van der Waals surface area contributed by atoms with Gasteiger partial charge in [0, 0.05) is 24.2 Å². The van der Waals surface area contributed by atoms with Crippen molar-refractivity contribution in [3.63, 3.8) is 0 Å². The van der Waals surface area contributed by atoms with E-state index < -0.39 is 0 Å². The summed E-state index contributed by atoms with van der Waals surface area (Å²) in [6.45, 7) is 3.59. The van der Waals surface area contributed by atoms with Gasteiger partial charge in [-0.25, -0.2) is 4.98 Å². The fourth-order valence-electron chi connectivity index (χ4n) is 1.67. The monoisotopic (exact) mass is 247 g/mol. The van der Waals surface area contributed by atoms with Crippen LogP contribution in [0.5, 0.6) is 0 Å². The van der Waals surface area contributed by atoms with Gasteiger partial charge in [-0.2, -0.15) is 0 Å². The van der Waals surface area contributed by atoms with Gasteiger partial charge in [0.15, 0.2) is 5.13 Å². The summed E-state index contributed by atoms with van der Waals surface area (Å²) in [5.74, 6) is 0. The van der Waals surface area contributed by atoms with Crippen LogP contribution in [-0.2, 0) is 13.0 Å². The minimum Gasteiger partial charge on any atom is -0.361 e. The summed E-state index contributed by atoms with van der Waals surface area (Å²) >= 11 is 1.62. The van der Waals surface area contributed by atoms with Gasteiger partial charge in [0.05, 0.1) is 0 Å². The molecule has 3 N–H and O–H groups in total. The van der Waals surface area contributed by atoms with Gasteiger partial charge in [0.25, 0.3) is 0 Å². The van der Waals surface area contributed by atoms with Crippen molar-refractivity contribution in [2.45, 2.75) is 19.9 Å². The molecule has 0 spiro atoms. The topological polar surface area (TPSA) is 50.9 Å². The van der Waals surface area contributed by atoms with E-state index in [2.05, 4.69) is 41.5 Å². The number of aromatic nitrogens is 1. The van der Waals surface area contributed by atoms with Crippen molar-refractivity contribution in [1.82, 2.24) is 4.98 Å². The maximum absolute atomic E-state index is 5.54. The Morgan fingerprint density at radius 3 is 3.00 bits per heavy atom. The first kappa shape index (κ1) is 12.1. The molecule has 0 aliphatic carbocycles. The number of nitrogens with two attached hydrogens (primary N) is 1. The average molecular weight is 247 g/mol. The molecular weight excluding hydrogens is 230 g/mol. The van der Waals surface area contributed by atoms with Gasteiger partial charge in [-0.05, 0) is 18.9 Å². The number of thiazole rings is 1. The lowest BCUT2D eigenvalue weighted by Crippen LogP contribution is -2.04. The van der Waals surface area contributed by atoms with E-state index in [0.29, 0.717) is 6.54 Å². The molecule has 0 saturated heterocycles. The number of hydrogen-bond donors (Lipinski definition) is 2. The minimum absolute atomic E-state index is 0.567. The zero-order chi connectivity index (χ0) is 12.1. The second-order valence-electron chi connectivity index (χ2n) is 4.00. The van der Waals surface area contributed by atoms with Crippen molar-refractivity contribution < 1.29 is 0 Å². The van der Waals surface area contributed by atoms with Gasteiger partial charge in [-0.3, -0.25) is 0 Å². The first-order valence-electron chi connectivity index (χ1n) is 5.72. The quantitative estimate of drug-likeness (QED) is 0.853. The van der Waals surface area contributed by atoms with E-state index in [1.807, 2.05) is 6.20 Å². The molecule has 2 aromatic rings.